The number of ether oxygens (including phenoxy) is 1. The molecule has 168 valence electrons. The van der Waals surface area contributed by atoms with E-state index in [4.69, 9.17) is 14.8 Å². The number of hydrogen-bond acceptors (Lipinski definition) is 5. The van der Waals surface area contributed by atoms with Gasteiger partial charge in [-0.15, -0.1) is 0 Å². The average Bonchev–Trinajstić information content (AvgIpc) is 3.20. The standard InChI is InChI=1S/C25H23N3O5/c29-24(30)12-5-2-6-15-33-21-13-14-22-23(17-21)27(19-10-7-11-20(16-19)28(31)32)25(26-22)18-8-3-1-4-9-18/h1,3-4,7-11,13-14,16-17H,2,5-6,12,15H2,(H,29,30). The Balaban J connectivity index is 1.68. The molecular weight excluding hydrogens is 422 g/mol. The summed E-state index contributed by atoms with van der Waals surface area (Å²) in [6.07, 6.45) is 2.32. The van der Waals surface area contributed by atoms with Gasteiger partial charge in [-0.2, -0.15) is 0 Å². The topological polar surface area (TPSA) is 107 Å². The Bertz CT molecular complexity index is 1280. The highest BCUT2D eigenvalue weighted by Crippen LogP contribution is 2.32. The molecule has 1 heterocycles. The lowest BCUT2D eigenvalue weighted by atomic mass is 10.2. The van der Waals surface area contributed by atoms with Crippen molar-refractivity contribution in [3.05, 3.63) is 82.9 Å². The van der Waals surface area contributed by atoms with Crippen LogP contribution < -0.4 is 4.74 Å². The number of benzene rings is 3. The predicted molar refractivity (Wildman–Crippen MR) is 125 cm³/mol. The highest BCUT2D eigenvalue weighted by molar-refractivity contribution is 5.84. The Kier molecular flexibility index (Phi) is 6.64. The fraction of sp³-hybridized carbons (Fsp3) is 0.200. The molecule has 4 rings (SSSR count). The van der Waals surface area contributed by atoms with Gasteiger partial charge in [-0.05, 0) is 37.5 Å². The average molecular weight is 445 g/mol. The summed E-state index contributed by atoms with van der Waals surface area (Å²) in [4.78, 5) is 26.3. The molecular formula is C25H23N3O5. The molecule has 4 aromatic rings. The monoisotopic (exact) mass is 445 g/mol. The smallest absolute Gasteiger partial charge is 0.303 e. The molecule has 0 fully saturated rings. The summed E-state index contributed by atoms with van der Waals surface area (Å²) in [6, 6.07) is 21.7. The molecule has 0 saturated heterocycles. The first kappa shape index (κ1) is 22.0. The lowest BCUT2D eigenvalue weighted by Gasteiger charge is -2.11. The Morgan fingerprint density at radius 2 is 1.82 bits per heavy atom. The Morgan fingerprint density at radius 3 is 2.58 bits per heavy atom. The van der Waals surface area contributed by atoms with Crippen molar-refractivity contribution in [2.75, 3.05) is 6.61 Å². The van der Waals surface area contributed by atoms with Gasteiger partial charge in [-0.1, -0.05) is 36.4 Å². The van der Waals surface area contributed by atoms with E-state index in [1.807, 2.05) is 59.2 Å². The first-order valence-corrected chi connectivity index (χ1v) is 10.7. The van der Waals surface area contributed by atoms with Crippen LogP contribution in [0, 0.1) is 10.1 Å². The molecule has 0 atom stereocenters. The zero-order valence-electron chi connectivity index (χ0n) is 17.9. The second kappa shape index (κ2) is 9.95. The van der Waals surface area contributed by atoms with Gasteiger partial charge in [-0.3, -0.25) is 19.5 Å². The molecule has 0 bridgehead atoms. The van der Waals surface area contributed by atoms with Crippen LogP contribution in [0.4, 0.5) is 5.69 Å². The fourth-order valence-electron chi connectivity index (χ4n) is 3.68. The first-order chi connectivity index (χ1) is 16.0. The van der Waals surface area contributed by atoms with Gasteiger partial charge in [-0.25, -0.2) is 4.98 Å². The number of nitrogens with zero attached hydrogens (tertiary/aromatic N) is 3. The minimum Gasteiger partial charge on any atom is -0.494 e. The van der Waals surface area contributed by atoms with Crippen LogP contribution in [0.15, 0.2) is 72.8 Å². The molecule has 0 spiro atoms. The third-order valence-electron chi connectivity index (χ3n) is 5.26. The highest BCUT2D eigenvalue weighted by Gasteiger charge is 2.17. The van der Waals surface area contributed by atoms with Crippen LogP contribution in [-0.4, -0.2) is 32.2 Å². The molecule has 0 unspecified atom stereocenters. The Morgan fingerprint density at radius 1 is 1.00 bits per heavy atom. The summed E-state index contributed by atoms with van der Waals surface area (Å²) in [5.74, 6) is 0.550. The predicted octanol–water partition coefficient (Wildman–Crippen LogP) is 5.62. The van der Waals surface area contributed by atoms with Gasteiger partial charge in [0.25, 0.3) is 5.69 Å². The van der Waals surface area contributed by atoms with Gasteiger partial charge in [0.15, 0.2) is 0 Å². The number of carboxylic acids is 1. The molecule has 33 heavy (non-hydrogen) atoms. The Labute approximate surface area is 190 Å². The summed E-state index contributed by atoms with van der Waals surface area (Å²) < 4.78 is 7.79. The fourth-order valence-corrected chi connectivity index (χ4v) is 3.68. The molecule has 0 aliphatic rings. The summed E-state index contributed by atoms with van der Waals surface area (Å²) in [7, 11) is 0. The number of nitro groups is 1. The number of carboxylic acid groups (broad SMARTS) is 1. The molecule has 1 aromatic heterocycles. The Hall–Kier alpha value is -4.20. The van der Waals surface area contributed by atoms with E-state index in [0.717, 1.165) is 29.4 Å². The van der Waals surface area contributed by atoms with Crippen molar-refractivity contribution in [2.24, 2.45) is 0 Å². The zero-order valence-corrected chi connectivity index (χ0v) is 17.9. The lowest BCUT2D eigenvalue weighted by Crippen LogP contribution is -2.00. The molecule has 0 aliphatic carbocycles. The molecule has 8 heteroatoms. The van der Waals surface area contributed by atoms with Crippen LogP contribution in [0.3, 0.4) is 0 Å². The quantitative estimate of drug-likeness (QED) is 0.193. The van der Waals surface area contributed by atoms with Crippen molar-refractivity contribution < 1.29 is 19.6 Å². The van der Waals surface area contributed by atoms with Gasteiger partial charge in [0.2, 0.25) is 0 Å². The maximum absolute atomic E-state index is 11.4. The summed E-state index contributed by atoms with van der Waals surface area (Å²) >= 11 is 0. The van der Waals surface area contributed by atoms with Crippen molar-refractivity contribution >= 4 is 22.7 Å². The van der Waals surface area contributed by atoms with E-state index in [2.05, 4.69) is 0 Å². The van der Waals surface area contributed by atoms with E-state index in [9.17, 15) is 14.9 Å². The molecule has 0 saturated carbocycles. The molecule has 8 nitrogen and oxygen atoms in total. The van der Waals surface area contributed by atoms with E-state index in [1.54, 1.807) is 6.07 Å². The number of hydrogen-bond donors (Lipinski definition) is 1. The first-order valence-electron chi connectivity index (χ1n) is 10.7. The van der Waals surface area contributed by atoms with Gasteiger partial charge < -0.3 is 9.84 Å². The van der Waals surface area contributed by atoms with E-state index < -0.39 is 10.9 Å². The maximum Gasteiger partial charge on any atom is 0.303 e. The number of carbonyl (C=O) groups is 1. The van der Waals surface area contributed by atoms with Crippen molar-refractivity contribution in [1.29, 1.82) is 0 Å². The van der Waals surface area contributed by atoms with E-state index >= 15 is 0 Å². The lowest BCUT2D eigenvalue weighted by molar-refractivity contribution is -0.384. The zero-order chi connectivity index (χ0) is 23.2. The minimum absolute atomic E-state index is 0.00197. The number of aliphatic carboxylic acids is 1. The number of fused-ring (bicyclic) bond motifs is 1. The van der Waals surface area contributed by atoms with Crippen molar-refractivity contribution in [3.8, 4) is 22.8 Å². The summed E-state index contributed by atoms with van der Waals surface area (Å²) in [5.41, 5.74) is 3.05. The number of imidazole rings is 1. The normalized spacial score (nSPS) is 10.9. The van der Waals surface area contributed by atoms with Crippen LogP contribution in [0.5, 0.6) is 5.75 Å². The van der Waals surface area contributed by atoms with E-state index in [0.29, 0.717) is 30.3 Å². The van der Waals surface area contributed by atoms with Crippen LogP contribution in [0.1, 0.15) is 25.7 Å². The second-order valence-corrected chi connectivity index (χ2v) is 7.62. The van der Waals surface area contributed by atoms with Crippen LogP contribution in [-0.2, 0) is 4.79 Å². The van der Waals surface area contributed by atoms with Crippen LogP contribution >= 0.6 is 0 Å². The van der Waals surface area contributed by atoms with Crippen LogP contribution in [0.25, 0.3) is 28.1 Å². The van der Waals surface area contributed by atoms with Gasteiger partial charge in [0, 0.05) is 30.2 Å². The SMILES string of the molecule is O=C(O)CCCCCOc1ccc2nc(-c3ccccc3)n(-c3cccc([N+](=O)[O-])c3)c2c1. The van der Waals surface area contributed by atoms with Crippen molar-refractivity contribution in [3.63, 3.8) is 0 Å². The molecule has 1 N–H and O–H groups in total. The maximum atomic E-state index is 11.4. The molecule has 0 aliphatic heterocycles. The van der Waals surface area contributed by atoms with E-state index in [1.165, 1.54) is 12.1 Å². The second-order valence-electron chi connectivity index (χ2n) is 7.62. The minimum atomic E-state index is -0.787. The third-order valence-corrected chi connectivity index (χ3v) is 5.26. The summed E-state index contributed by atoms with van der Waals surface area (Å²) in [6.45, 7) is 0.474. The van der Waals surface area contributed by atoms with Crippen LogP contribution in [0.2, 0.25) is 0 Å². The molecule has 0 amide bonds. The highest BCUT2D eigenvalue weighted by atomic mass is 16.6. The van der Waals surface area contributed by atoms with Gasteiger partial charge in [0.05, 0.1) is 28.3 Å². The summed E-state index contributed by atoms with van der Waals surface area (Å²) in [5, 5.41) is 20.1. The van der Waals surface area contributed by atoms with Crippen molar-refractivity contribution in [2.45, 2.75) is 25.7 Å². The number of non-ortho nitro benzene ring substituents is 1. The number of unbranched alkanes of at least 4 members (excludes halogenated alkanes) is 2. The largest absolute Gasteiger partial charge is 0.494 e. The van der Waals surface area contributed by atoms with E-state index in [-0.39, 0.29) is 12.1 Å². The van der Waals surface area contributed by atoms with Crippen molar-refractivity contribution in [1.82, 2.24) is 9.55 Å². The van der Waals surface area contributed by atoms with Gasteiger partial charge >= 0.3 is 5.97 Å². The molecule has 3 aromatic carbocycles. The van der Waals surface area contributed by atoms with Gasteiger partial charge in [0.1, 0.15) is 11.6 Å². The number of rotatable bonds is 10. The number of aromatic nitrogens is 2. The molecule has 0 radical (unpaired) electrons. The number of nitro benzene ring substituents is 1. The third kappa shape index (κ3) is 5.17.